The molecule has 0 saturated carbocycles. The van der Waals surface area contributed by atoms with Gasteiger partial charge in [-0.15, -0.1) is 0 Å². The van der Waals surface area contributed by atoms with Gasteiger partial charge in [-0.05, 0) is 35.7 Å². The van der Waals surface area contributed by atoms with Gasteiger partial charge >= 0.3 is 0 Å². The van der Waals surface area contributed by atoms with Gasteiger partial charge in [-0.1, -0.05) is 18.2 Å². The molecule has 1 unspecified atom stereocenters. The molecule has 1 atom stereocenters. The number of piperazine rings is 1. The predicted molar refractivity (Wildman–Crippen MR) is 95.9 cm³/mol. The average Bonchev–Trinajstić information content (AvgIpc) is 2.67. The second-order valence-electron chi connectivity index (χ2n) is 6.50. The molecule has 2 aromatic rings. The van der Waals surface area contributed by atoms with Crippen molar-refractivity contribution in [3.05, 3.63) is 65.7 Å². The lowest BCUT2D eigenvalue weighted by Gasteiger charge is -2.36. The highest BCUT2D eigenvalue weighted by Crippen LogP contribution is 2.24. The molecule has 0 bridgehead atoms. The van der Waals surface area contributed by atoms with E-state index in [4.69, 9.17) is 0 Å². The van der Waals surface area contributed by atoms with Gasteiger partial charge in [0.1, 0.15) is 5.82 Å². The van der Waals surface area contributed by atoms with Crippen LogP contribution in [-0.4, -0.2) is 52.8 Å². The second-order valence-corrected chi connectivity index (χ2v) is 6.50. The van der Waals surface area contributed by atoms with Crippen LogP contribution in [0.25, 0.3) is 0 Å². The Morgan fingerprint density at radius 2 is 1.73 bits per heavy atom. The summed E-state index contributed by atoms with van der Waals surface area (Å²) in [7, 11) is 0. The van der Waals surface area contributed by atoms with E-state index in [1.807, 2.05) is 12.1 Å². The van der Waals surface area contributed by atoms with Gasteiger partial charge in [-0.2, -0.15) is 0 Å². The first-order valence-electron chi connectivity index (χ1n) is 8.73. The van der Waals surface area contributed by atoms with Crippen molar-refractivity contribution >= 4 is 11.8 Å². The molecule has 1 aromatic heterocycles. The van der Waals surface area contributed by atoms with Gasteiger partial charge in [0.2, 0.25) is 11.8 Å². The Bertz CT molecular complexity index is 756. The van der Waals surface area contributed by atoms with E-state index >= 15 is 0 Å². The van der Waals surface area contributed by atoms with Gasteiger partial charge in [-0.3, -0.25) is 14.6 Å². The predicted octanol–water partition coefficient (Wildman–Crippen LogP) is 2.24. The highest BCUT2D eigenvalue weighted by atomic mass is 19.1. The van der Waals surface area contributed by atoms with Crippen molar-refractivity contribution in [2.75, 3.05) is 26.2 Å². The molecule has 6 heteroatoms. The number of pyridine rings is 1. The quantitative estimate of drug-likeness (QED) is 0.845. The Kier molecular flexibility index (Phi) is 5.61. The molecule has 136 valence electrons. The average molecular weight is 355 g/mol. The number of hydrogen-bond donors (Lipinski definition) is 0. The van der Waals surface area contributed by atoms with Crippen LogP contribution in [0.5, 0.6) is 0 Å². The molecule has 1 aliphatic heterocycles. The van der Waals surface area contributed by atoms with Crippen LogP contribution in [0.4, 0.5) is 4.39 Å². The zero-order chi connectivity index (χ0) is 18.5. The maximum Gasteiger partial charge on any atom is 0.230 e. The topological polar surface area (TPSA) is 53.5 Å². The van der Waals surface area contributed by atoms with Gasteiger partial charge in [0.25, 0.3) is 0 Å². The monoisotopic (exact) mass is 355 g/mol. The number of carbonyl (C=O) groups excluding carboxylic acids is 2. The number of benzene rings is 1. The Hall–Kier alpha value is -2.76. The molecule has 5 nitrogen and oxygen atoms in total. The molecular formula is C20H22FN3O2. The summed E-state index contributed by atoms with van der Waals surface area (Å²) >= 11 is 0. The molecular weight excluding hydrogens is 333 g/mol. The van der Waals surface area contributed by atoms with Crippen molar-refractivity contribution in [3.8, 4) is 0 Å². The van der Waals surface area contributed by atoms with Crippen LogP contribution in [0.1, 0.15) is 24.0 Å². The highest BCUT2D eigenvalue weighted by Gasteiger charge is 2.29. The molecule has 2 amide bonds. The van der Waals surface area contributed by atoms with E-state index in [1.54, 1.807) is 41.2 Å². The molecule has 1 fully saturated rings. The van der Waals surface area contributed by atoms with Crippen LogP contribution in [-0.2, 0) is 16.0 Å². The van der Waals surface area contributed by atoms with E-state index in [1.165, 1.54) is 12.1 Å². The van der Waals surface area contributed by atoms with E-state index in [0.717, 1.165) is 11.1 Å². The summed E-state index contributed by atoms with van der Waals surface area (Å²) in [5, 5.41) is 0. The van der Waals surface area contributed by atoms with Gasteiger partial charge in [0.15, 0.2) is 0 Å². The number of aromatic nitrogens is 1. The first kappa shape index (κ1) is 18.0. The fourth-order valence-corrected chi connectivity index (χ4v) is 3.26. The molecule has 0 aliphatic carbocycles. The lowest BCUT2D eigenvalue weighted by Crippen LogP contribution is -2.51. The molecule has 0 spiro atoms. The minimum Gasteiger partial charge on any atom is -0.339 e. The summed E-state index contributed by atoms with van der Waals surface area (Å²) in [5.41, 5.74) is 1.74. The summed E-state index contributed by atoms with van der Waals surface area (Å²) in [6.45, 7) is 3.67. The minimum absolute atomic E-state index is 0.00339. The van der Waals surface area contributed by atoms with E-state index in [2.05, 4.69) is 4.98 Å². The molecule has 2 heterocycles. The highest BCUT2D eigenvalue weighted by molar-refractivity contribution is 5.84. The van der Waals surface area contributed by atoms with Crippen LogP contribution in [0.2, 0.25) is 0 Å². The van der Waals surface area contributed by atoms with Gasteiger partial charge in [0.05, 0.1) is 5.92 Å². The lowest BCUT2D eigenvalue weighted by molar-refractivity contribution is -0.139. The SMILES string of the molecule is CC(=O)N1CCN(C(=O)C(Cc2cccnc2)c2ccc(F)cc2)CC1. The number of rotatable bonds is 4. The van der Waals surface area contributed by atoms with Crippen molar-refractivity contribution in [1.29, 1.82) is 0 Å². The first-order valence-corrected chi connectivity index (χ1v) is 8.73. The van der Waals surface area contributed by atoms with Gasteiger partial charge in [0, 0.05) is 45.5 Å². The van der Waals surface area contributed by atoms with E-state index in [0.29, 0.717) is 32.6 Å². The largest absolute Gasteiger partial charge is 0.339 e. The summed E-state index contributed by atoms with van der Waals surface area (Å²) in [5.74, 6) is -0.689. The summed E-state index contributed by atoms with van der Waals surface area (Å²) in [6.07, 6.45) is 3.95. The van der Waals surface area contributed by atoms with Crippen molar-refractivity contribution in [3.63, 3.8) is 0 Å². The van der Waals surface area contributed by atoms with Crippen LogP contribution in [0, 0.1) is 5.82 Å². The number of carbonyl (C=O) groups is 2. The molecule has 0 N–H and O–H groups in total. The lowest BCUT2D eigenvalue weighted by atomic mass is 9.91. The number of hydrogen-bond acceptors (Lipinski definition) is 3. The molecule has 26 heavy (non-hydrogen) atoms. The Morgan fingerprint density at radius 3 is 2.31 bits per heavy atom. The Morgan fingerprint density at radius 1 is 1.08 bits per heavy atom. The van der Waals surface area contributed by atoms with Crippen molar-refractivity contribution in [2.45, 2.75) is 19.3 Å². The van der Waals surface area contributed by atoms with Crippen molar-refractivity contribution in [1.82, 2.24) is 14.8 Å². The normalized spacial score (nSPS) is 15.6. The standard InChI is InChI=1S/C20H22FN3O2/c1-15(25)23-9-11-24(12-10-23)20(26)19(13-16-3-2-8-22-14-16)17-4-6-18(21)7-5-17/h2-8,14,19H,9-13H2,1H3. The zero-order valence-electron chi connectivity index (χ0n) is 14.8. The first-order chi connectivity index (χ1) is 12.5. The summed E-state index contributed by atoms with van der Waals surface area (Å²) in [4.78, 5) is 32.3. The maximum atomic E-state index is 13.3. The zero-order valence-corrected chi connectivity index (χ0v) is 14.8. The number of amides is 2. The minimum atomic E-state index is -0.399. The van der Waals surface area contributed by atoms with Crippen LogP contribution >= 0.6 is 0 Å². The Balaban J connectivity index is 1.79. The van der Waals surface area contributed by atoms with E-state index in [-0.39, 0.29) is 17.6 Å². The van der Waals surface area contributed by atoms with Crippen molar-refractivity contribution < 1.29 is 14.0 Å². The molecule has 1 aromatic carbocycles. The van der Waals surface area contributed by atoms with Crippen LogP contribution in [0.15, 0.2) is 48.8 Å². The second kappa shape index (κ2) is 8.08. The Labute approximate surface area is 152 Å². The fourth-order valence-electron chi connectivity index (χ4n) is 3.26. The fraction of sp³-hybridized carbons (Fsp3) is 0.350. The number of nitrogens with zero attached hydrogens (tertiary/aromatic N) is 3. The summed E-state index contributed by atoms with van der Waals surface area (Å²) in [6, 6.07) is 9.87. The third kappa shape index (κ3) is 4.25. The van der Waals surface area contributed by atoms with E-state index in [9.17, 15) is 14.0 Å². The smallest absolute Gasteiger partial charge is 0.230 e. The van der Waals surface area contributed by atoms with Gasteiger partial charge < -0.3 is 9.80 Å². The molecule has 1 saturated heterocycles. The molecule has 1 aliphatic rings. The number of halogens is 1. The van der Waals surface area contributed by atoms with Crippen LogP contribution < -0.4 is 0 Å². The third-order valence-corrected chi connectivity index (χ3v) is 4.77. The van der Waals surface area contributed by atoms with Gasteiger partial charge in [-0.25, -0.2) is 4.39 Å². The van der Waals surface area contributed by atoms with E-state index < -0.39 is 5.92 Å². The van der Waals surface area contributed by atoms with Crippen molar-refractivity contribution in [2.24, 2.45) is 0 Å². The van der Waals surface area contributed by atoms with Crippen LogP contribution in [0.3, 0.4) is 0 Å². The summed E-state index contributed by atoms with van der Waals surface area (Å²) < 4.78 is 13.3. The molecule has 3 rings (SSSR count). The third-order valence-electron chi connectivity index (χ3n) is 4.77. The molecule has 0 radical (unpaired) electrons. The maximum absolute atomic E-state index is 13.3.